The van der Waals surface area contributed by atoms with Crippen LogP contribution in [0, 0.1) is 54.0 Å². The molecule has 0 spiro atoms. The number of alkyl halides is 6. The zero-order valence-corrected chi connectivity index (χ0v) is 66.8. The van der Waals surface area contributed by atoms with E-state index in [1.165, 1.54) is 91.2 Å². The predicted molar refractivity (Wildman–Crippen MR) is 399 cm³/mol. The highest BCUT2D eigenvalue weighted by Gasteiger charge is 2.64. The molecule has 111 heavy (non-hydrogen) atoms. The number of rotatable bonds is 13. The summed E-state index contributed by atoms with van der Waals surface area (Å²) in [6, 6.07) is 13.9. The summed E-state index contributed by atoms with van der Waals surface area (Å²) in [6.45, 7) is 23.9. The van der Waals surface area contributed by atoms with Gasteiger partial charge in [-0.15, -0.1) is 0 Å². The molecule has 0 aliphatic carbocycles. The monoisotopic (exact) mass is 1610 g/mol. The van der Waals surface area contributed by atoms with Crippen LogP contribution in [0.5, 0.6) is 0 Å². The van der Waals surface area contributed by atoms with Gasteiger partial charge in [-0.2, -0.15) is 10.5 Å². The minimum absolute atomic E-state index is 0.0395. The Balaban J connectivity index is 0.000000194. The first-order chi connectivity index (χ1) is 50.8. The molecule has 11 rings (SSSR count). The smallest absolute Gasteiger partial charge is 0.312 e. The SMILES string of the molecule is CC(C)(C)OC(=O)CC1=N[C@](C)(c2nc(N)ccc2F)[C@H]2CC(F)(F)CN=[S@]2(=O)C1(C)C.Cc1cc(C#N)cnc1C(=O)Cc1ccc(F)c([C@@]2(C)N=C(CC(=O)OC(C)(C)C)C(C)(C)[S@@]3(=O)=NCC(F)(F)C[C@H]23)n1.Cc1cc(C#N)cnc1C(=O)Cc1ccc(F)c([C@@]2(C)N=C(N)C(C)(C)[S@@]3(=O)=NCC(F)(F)C[C@H]23)n1. The number of nitriles is 2. The molecule has 6 aliphatic heterocycles. The number of amidine groups is 1. The van der Waals surface area contributed by atoms with E-state index in [4.69, 9.17) is 31.5 Å². The Hall–Kier alpha value is -9.16. The number of anilines is 1. The van der Waals surface area contributed by atoms with Crippen molar-refractivity contribution in [3.8, 4) is 12.1 Å². The van der Waals surface area contributed by atoms with Gasteiger partial charge in [0.15, 0.2) is 11.6 Å². The number of hydrogen-bond donors (Lipinski definition) is 2. The number of fused-ring (bicyclic) bond motifs is 3. The van der Waals surface area contributed by atoms with Gasteiger partial charge in [0.2, 0.25) is 0 Å². The number of aryl methyl sites for hydroxylation is 2. The Morgan fingerprint density at radius 1 is 0.495 bits per heavy atom. The Bertz CT molecular complexity index is 5290. The molecule has 6 aliphatic rings. The van der Waals surface area contributed by atoms with Crippen molar-refractivity contribution in [2.45, 2.75) is 238 Å². The number of nitrogens with two attached hydrogens (primary N) is 2. The van der Waals surface area contributed by atoms with Gasteiger partial charge in [0, 0.05) is 54.5 Å². The van der Waals surface area contributed by atoms with E-state index in [1.54, 1.807) is 69.2 Å². The van der Waals surface area contributed by atoms with Crippen molar-refractivity contribution in [3.05, 3.63) is 140 Å². The molecule has 0 fully saturated rings. The van der Waals surface area contributed by atoms with E-state index in [-0.39, 0.29) is 87.8 Å². The lowest BCUT2D eigenvalue weighted by Crippen LogP contribution is -2.62. The molecule has 9 atom stereocenters. The molecular formula is C75H88F9N15O9S3. The Morgan fingerprint density at radius 2 is 0.811 bits per heavy atom. The van der Waals surface area contributed by atoms with Gasteiger partial charge in [-0.05, 0) is 177 Å². The zero-order chi connectivity index (χ0) is 83.2. The highest BCUT2D eigenvalue weighted by molar-refractivity contribution is 7.97. The largest absolute Gasteiger partial charge is 0.460 e. The molecule has 0 saturated carbocycles. The second kappa shape index (κ2) is 29.4. The summed E-state index contributed by atoms with van der Waals surface area (Å²) < 4.78 is 195. The topological polar surface area (TPSA) is 376 Å². The normalized spacial score (nSPS) is 28.2. The van der Waals surface area contributed by atoms with Crippen molar-refractivity contribution in [3.63, 3.8) is 0 Å². The third-order valence-corrected chi connectivity index (χ3v) is 31.2. The number of aromatic nitrogens is 5. The van der Waals surface area contributed by atoms with E-state index in [2.05, 4.69) is 53.0 Å². The summed E-state index contributed by atoms with van der Waals surface area (Å²) >= 11 is 0. The van der Waals surface area contributed by atoms with Crippen molar-refractivity contribution >= 4 is 75.8 Å². The molecule has 11 heterocycles. The number of nitrogen functional groups attached to an aromatic ring is 1. The van der Waals surface area contributed by atoms with E-state index in [0.29, 0.717) is 16.7 Å². The van der Waals surface area contributed by atoms with Crippen LogP contribution in [0.1, 0.15) is 208 Å². The third-order valence-electron chi connectivity index (χ3n) is 20.4. The van der Waals surface area contributed by atoms with E-state index in [0.717, 1.165) is 18.2 Å². The maximum atomic E-state index is 15.6. The maximum absolute atomic E-state index is 15.6. The molecule has 0 bridgehead atoms. The van der Waals surface area contributed by atoms with Crippen LogP contribution < -0.4 is 11.5 Å². The van der Waals surface area contributed by atoms with Crippen LogP contribution in [0.3, 0.4) is 0 Å². The molecule has 0 aromatic carbocycles. The molecule has 0 saturated heterocycles. The van der Waals surface area contributed by atoms with Gasteiger partial charge in [0.05, 0.1) is 91.2 Å². The first-order valence-electron chi connectivity index (χ1n) is 35.1. The van der Waals surface area contributed by atoms with Crippen LogP contribution in [0.25, 0.3) is 0 Å². The standard InChI is InChI=1S/C30H34F3N5O4S.C24H25F3N6O2S.C21H29F3N4O3S/c1-17-10-18(14-34)15-35-25(17)21(39)11-19-8-9-20(31)26(37-19)29(7)23-13-30(32,33)16-36-43(23,41)28(5,6)22(38-29)12-24(40)42-27(2,3)4;1-13-7-14(10-28)11-30-19(13)17(34)8-15-5-6-16(25)20(32-15)23(4)18-9-24(26,27)12-31-36(18,35)22(2,3)21(29)33-23;1-18(2,3)31-16(29)9-13-19(4,5)32(30)14(10-21(23,24)11-26-32)20(6,28-13)17-12(22)7-8-15(25)27-17/h8-10,15,23H,11-13,16H2,1-7H3;5-7,11,18H,8-9,12H2,1-4H3,(H2,29,33);7-8,14H,9-11H2,1-6H3,(H2,25,27)/t23-,29+,43-;18-,23+,36-;14-,20+,32-/m111/s1. The predicted octanol–water partition coefficient (Wildman–Crippen LogP) is 12.6. The summed E-state index contributed by atoms with van der Waals surface area (Å²) in [7, 11) is -10.4. The van der Waals surface area contributed by atoms with Crippen LogP contribution in [0.15, 0.2) is 89.0 Å². The first-order valence-corrected chi connectivity index (χ1v) is 39.8. The number of esters is 2. The number of Topliss-reactive ketones (excluding diaryl/α,β-unsaturated/α-hetero) is 2. The summed E-state index contributed by atoms with van der Waals surface area (Å²) in [5.74, 6) is -14.7. The Labute approximate surface area is 638 Å². The lowest BCUT2D eigenvalue weighted by atomic mass is 9.86. The Morgan fingerprint density at radius 3 is 1.14 bits per heavy atom. The van der Waals surface area contributed by atoms with Crippen LogP contribution in [-0.2, 0) is 77.7 Å². The number of hydrogen-bond acceptors (Lipinski definition) is 24. The fourth-order valence-corrected chi connectivity index (χ4v) is 24.2. The van der Waals surface area contributed by atoms with Gasteiger partial charge in [-0.1, -0.05) is 0 Å². The second-order valence-corrected chi connectivity index (χ2v) is 41.3. The van der Waals surface area contributed by atoms with Gasteiger partial charge < -0.3 is 20.9 Å². The number of nitrogens with zero attached hydrogens (tertiary/aromatic N) is 13. The highest BCUT2D eigenvalue weighted by atomic mass is 32.2. The minimum Gasteiger partial charge on any atom is -0.460 e. The van der Waals surface area contributed by atoms with Gasteiger partial charge in [-0.25, -0.2) is 70.2 Å². The molecule has 4 N–H and O–H groups in total. The quantitative estimate of drug-likeness (QED) is 0.0628. The van der Waals surface area contributed by atoms with Crippen LogP contribution >= 0.6 is 0 Å². The van der Waals surface area contributed by atoms with Crippen molar-refractivity contribution in [2.75, 3.05) is 25.4 Å². The second-order valence-electron chi connectivity index (χ2n) is 32.4. The molecule has 598 valence electrons. The van der Waals surface area contributed by atoms with Crippen molar-refractivity contribution in [1.29, 1.82) is 10.5 Å². The Kier molecular flexibility index (Phi) is 22.8. The van der Waals surface area contributed by atoms with E-state index in [9.17, 15) is 62.5 Å². The van der Waals surface area contributed by atoms with Crippen LogP contribution in [0.4, 0.5) is 45.3 Å². The van der Waals surface area contributed by atoms with Crippen molar-refractivity contribution in [1.82, 2.24) is 24.9 Å². The minimum atomic E-state index is -3.59. The zero-order valence-electron chi connectivity index (χ0n) is 64.3. The van der Waals surface area contributed by atoms with Crippen LogP contribution in [0.2, 0.25) is 0 Å². The fourth-order valence-electron chi connectivity index (χ4n) is 14.4. The number of ketones is 2. The van der Waals surface area contributed by atoms with Gasteiger partial charge in [-0.3, -0.25) is 54.1 Å². The molecular weight excluding hydrogens is 1520 g/mol. The number of ether oxygens (including phenoxy) is 2. The van der Waals surface area contributed by atoms with Gasteiger partial charge >= 0.3 is 11.9 Å². The molecule has 0 amide bonds. The molecule has 5 aromatic rings. The molecule has 36 heteroatoms. The van der Waals surface area contributed by atoms with Crippen molar-refractivity contribution in [2.24, 2.45) is 33.8 Å². The van der Waals surface area contributed by atoms with Gasteiger partial charge in [0.1, 0.15) is 122 Å². The lowest BCUT2D eigenvalue weighted by molar-refractivity contribution is -0.154. The molecule has 24 nitrogen and oxygen atoms in total. The summed E-state index contributed by atoms with van der Waals surface area (Å²) in [4.78, 5) is 86.0. The van der Waals surface area contributed by atoms with Crippen LogP contribution in [-0.4, -0.2) is 157 Å². The summed E-state index contributed by atoms with van der Waals surface area (Å²) in [6.07, 6.45) is -1.35. The van der Waals surface area contributed by atoms with E-state index in [1.807, 2.05) is 12.1 Å². The summed E-state index contributed by atoms with van der Waals surface area (Å²) in [5, 5.41) is 13.9. The first kappa shape index (κ1) is 85.8. The molecule has 5 aromatic heterocycles. The summed E-state index contributed by atoms with van der Waals surface area (Å²) in [5.41, 5.74) is 5.97. The number of carbonyl (C=O) groups excluding carboxylic acids is 4. The lowest BCUT2D eigenvalue weighted by Gasteiger charge is -2.49. The highest BCUT2D eigenvalue weighted by Crippen LogP contribution is 2.54. The third kappa shape index (κ3) is 16.6. The number of pyridine rings is 5. The molecule has 0 unspecified atom stereocenters. The van der Waals surface area contributed by atoms with E-state index < -0.39 is 191 Å². The average Bonchev–Trinajstić information content (AvgIpc) is 0.708. The number of carbonyl (C=O) groups is 4. The number of halogens is 9. The average molecular weight is 1610 g/mol. The fraction of sp³-hybridized carbons (Fsp3) is 0.547. The number of aliphatic imine (C=N–C) groups is 3. The van der Waals surface area contributed by atoms with Gasteiger partial charge in [0.25, 0.3) is 17.8 Å². The molecule has 0 radical (unpaired) electrons. The maximum Gasteiger partial charge on any atom is 0.312 e. The van der Waals surface area contributed by atoms with Crippen molar-refractivity contribution < 1.29 is 80.8 Å². The van der Waals surface area contributed by atoms with E-state index >= 15 is 8.78 Å².